The second-order valence-electron chi connectivity index (χ2n) is 3.56. The molecule has 1 heterocycles. The van der Waals surface area contributed by atoms with E-state index in [1.165, 1.54) is 4.88 Å². The summed E-state index contributed by atoms with van der Waals surface area (Å²) in [6, 6.07) is 7.17. The Bertz CT molecular complexity index is 485. The van der Waals surface area contributed by atoms with Crippen molar-refractivity contribution in [1.82, 2.24) is 4.98 Å². The van der Waals surface area contributed by atoms with Crippen LogP contribution in [-0.2, 0) is 6.42 Å². The number of allylic oxidation sites excluding steroid dienone is 1. The summed E-state index contributed by atoms with van der Waals surface area (Å²) in [6.07, 6.45) is 5.09. The first-order valence-electron chi connectivity index (χ1n) is 5.10. The first-order valence-corrected chi connectivity index (χ1v) is 5.98. The van der Waals surface area contributed by atoms with Crippen molar-refractivity contribution >= 4 is 17.4 Å². The molecular formula is C13H13NOS. The average molecular weight is 231 g/mol. The Hall–Kier alpha value is -1.61. The third-order valence-corrected chi connectivity index (χ3v) is 3.31. The van der Waals surface area contributed by atoms with E-state index in [0.29, 0.717) is 5.75 Å². The van der Waals surface area contributed by atoms with Crippen molar-refractivity contribution in [3.63, 3.8) is 0 Å². The number of aromatic nitrogens is 1. The van der Waals surface area contributed by atoms with Gasteiger partial charge in [-0.1, -0.05) is 24.3 Å². The molecule has 1 N–H and O–H groups in total. The predicted molar refractivity (Wildman–Crippen MR) is 67.7 cm³/mol. The number of aromatic hydroxyl groups is 1. The van der Waals surface area contributed by atoms with Gasteiger partial charge in [-0.25, -0.2) is 4.98 Å². The van der Waals surface area contributed by atoms with Crippen molar-refractivity contribution < 1.29 is 5.11 Å². The van der Waals surface area contributed by atoms with Crippen LogP contribution in [0.1, 0.15) is 16.1 Å². The summed E-state index contributed by atoms with van der Waals surface area (Å²) < 4.78 is 0. The molecular weight excluding hydrogens is 218 g/mol. The van der Waals surface area contributed by atoms with Crippen LogP contribution in [-0.4, -0.2) is 10.1 Å². The zero-order valence-corrected chi connectivity index (χ0v) is 9.87. The summed E-state index contributed by atoms with van der Waals surface area (Å²) in [5, 5.41) is 9.14. The highest BCUT2D eigenvalue weighted by molar-refractivity contribution is 7.09. The summed E-state index contributed by atoms with van der Waals surface area (Å²) >= 11 is 1.68. The van der Waals surface area contributed by atoms with E-state index in [-0.39, 0.29) is 0 Å². The van der Waals surface area contributed by atoms with E-state index >= 15 is 0 Å². The van der Waals surface area contributed by atoms with Gasteiger partial charge in [0.05, 0.1) is 11.2 Å². The molecule has 0 spiro atoms. The molecule has 0 aliphatic heterocycles. The second kappa shape index (κ2) is 4.94. The maximum absolute atomic E-state index is 9.14. The number of rotatable bonds is 3. The van der Waals surface area contributed by atoms with Crippen molar-refractivity contribution in [2.75, 3.05) is 0 Å². The molecule has 0 saturated carbocycles. The molecule has 0 radical (unpaired) electrons. The lowest BCUT2D eigenvalue weighted by atomic mass is 10.2. The number of nitrogens with zero attached hydrogens (tertiary/aromatic N) is 1. The van der Waals surface area contributed by atoms with Crippen molar-refractivity contribution in [2.24, 2.45) is 0 Å². The van der Waals surface area contributed by atoms with Crippen LogP contribution in [0.15, 0.2) is 35.9 Å². The molecule has 0 saturated heterocycles. The van der Waals surface area contributed by atoms with Gasteiger partial charge in [0.25, 0.3) is 0 Å². The van der Waals surface area contributed by atoms with Crippen molar-refractivity contribution in [1.29, 1.82) is 0 Å². The molecule has 0 fully saturated rings. The van der Waals surface area contributed by atoms with Crippen LogP contribution in [0.4, 0.5) is 0 Å². The SMILES string of the molecule is Cc1ncsc1C/C=C/c1ccc(O)cc1. The minimum Gasteiger partial charge on any atom is -0.508 e. The third kappa shape index (κ3) is 2.70. The van der Waals surface area contributed by atoms with Crippen molar-refractivity contribution in [3.05, 3.63) is 52.0 Å². The largest absolute Gasteiger partial charge is 0.508 e. The Morgan fingerprint density at radius 1 is 1.31 bits per heavy atom. The Balaban J connectivity index is 2.00. The van der Waals surface area contributed by atoms with E-state index in [1.807, 2.05) is 24.6 Å². The lowest BCUT2D eigenvalue weighted by Crippen LogP contribution is -1.80. The molecule has 0 aliphatic rings. The second-order valence-corrected chi connectivity index (χ2v) is 4.50. The normalized spacial score (nSPS) is 11.1. The van der Waals surface area contributed by atoms with Gasteiger partial charge in [0.2, 0.25) is 0 Å². The number of hydrogen-bond donors (Lipinski definition) is 1. The molecule has 0 bridgehead atoms. The minimum absolute atomic E-state index is 0.301. The maximum atomic E-state index is 9.14. The van der Waals surface area contributed by atoms with E-state index in [9.17, 15) is 0 Å². The summed E-state index contributed by atoms with van der Waals surface area (Å²) in [6.45, 7) is 2.03. The number of phenolic OH excluding ortho intramolecular Hbond substituents is 1. The van der Waals surface area contributed by atoms with Gasteiger partial charge in [0.15, 0.2) is 0 Å². The van der Waals surface area contributed by atoms with Gasteiger partial charge in [0, 0.05) is 11.3 Å². The highest BCUT2D eigenvalue weighted by atomic mass is 32.1. The molecule has 1 aromatic heterocycles. The van der Waals surface area contributed by atoms with Crippen LogP contribution in [0.5, 0.6) is 5.75 Å². The van der Waals surface area contributed by atoms with Crippen molar-refractivity contribution in [2.45, 2.75) is 13.3 Å². The van der Waals surface area contributed by atoms with Gasteiger partial charge in [-0.2, -0.15) is 0 Å². The molecule has 0 unspecified atom stereocenters. The Morgan fingerprint density at radius 3 is 2.69 bits per heavy atom. The first kappa shape index (κ1) is 10.9. The number of benzene rings is 1. The predicted octanol–water partition coefficient (Wildman–Crippen LogP) is 3.41. The van der Waals surface area contributed by atoms with Gasteiger partial charge in [0.1, 0.15) is 5.75 Å². The molecule has 2 aromatic rings. The van der Waals surface area contributed by atoms with Crippen LogP contribution in [0.2, 0.25) is 0 Å². The van der Waals surface area contributed by atoms with E-state index in [1.54, 1.807) is 23.5 Å². The molecule has 0 atom stereocenters. The third-order valence-electron chi connectivity index (χ3n) is 2.35. The average Bonchev–Trinajstić information content (AvgIpc) is 2.68. The minimum atomic E-state index is 0.301. The Morgan fingerprint density at radius 2 is 2.06 bits per heavy atom. The van der Waals surface area contributed by atoms with Crippen LogP contribution in [0.3, 0.4) is 0 Å². The summed E-state index contributed by atoms with van der Waals surface area (Å²) in [5.41, 5.74) is 4.08. The lowest BCUT2D eigenvalue weighted by molar-refractivity contribution is 0.475. The van der Waals surface area contributed by atoms with Gasteiger partial charge in [-0.15, -0.1) is 11.3 Å². The molecule has 3 heteroatoms. The summed E-state index contributed by atoms with van der Waals surface area (Å²) in [5.74, 6) is 0.301. The maximum Gasteiger partial charge on any atom is 0.115 e. The fourth-order valence-electron chi connectivity index (χ4n) is 1.41. The van der Waals surface area contributed by atoms with Crippen LogP contribution >= 0.6 is 11.3 Å². The van der Waals surface area contributed by atoms with Crippen LogP contribution < -0.4 is 0 Å². The molecule has 2 rings (SSSR count). The number of phenols is 1. The van der Waals surface area contributed by atoms with Crippen molar-refractivity contribution in [3.8, 4) is 5.75 Å². The zero-order chi connectivity index (χ0) is 11.4. The summed E-state index contributed by atoms with van der Waals surface area (Å²) in [7, 11) is 0. The van der Waals surface area contributed by atoms with Crippen LogP contribution in [0.25, 0.3) is 6.08 Å². The van der Waals surface area contributed by atoms with Gasteiger partial charge in [-0.3, -0.25) is 0 Å². The number of hydrogen-bond acceptors (Lipinski definition) is 3. The number of aryl methyl sites for hydroxylation is 1. The van der Waals surface area contributed by atoms with Gasteiger partial charge < -0.3 is 5.11 Å². The fraction of sp³-hybridized carbons (Fsp3) is 0.154. The quantitative estimate of drug-likeness (QED) is 0.878. The highest BCUT2D eigenvalue weighted by Gasteiger charge is 1.97. The zero-order valence-electron chi connectivity index (χ0n) is 9.05. The van der Waals surface area contributed by atoms with E-state index in [0.717, 1.165) is 17.7 Å². The monoisotopic (exact) mass is 231 g/mol. The van der Waals surface area contributed by atoms with Crippen LogP contribution in [0, 0.1) is 6.92 Å². The first-order chi connectivity index (χ1) is 7.75. The molecule has 82 valence electrons. The van der Waals surface area contributed by atoms with E-state index in [4.69, 9.17) is 5.11 Å². The molecule has 0 aliphatic carbocycles. The molecule has 1 aromatic carbocycles. The molecule has 16 heavy (non-hydrogen) atoms. The Labute approximate surface area is 98.9 Å². The van der Waals surface area contributed by atoms with Gasteiger partial charge in [-0.05, 0) is 24.6 Å². The smallest absolute Gasteiger partial charge is 0.115 e. The molecule has 2 nitrogen and oxygen atoms in total. The number of thiazole rings is 1. The van der Waals surface area contributed by atoms with Gasteiger partial charge >= 0.3 is 0 Å². The lowest BCUT2D eigenvalue weighted by Gasteiger charge is -1.94. The fourth-order valence-corrected chi connectivity index (χ4v) is 2.16. The van der Waals surface area contributed by atoms with E-state index < -0.39 is 0 Å². The molecule has 0 amide bonds. The standard InChI is InChI=1S/C13H13NOS/c1-10-13(16-9-14-10)4-2-3-11-5-7-12(15)8-6-11/h2-3,5-9,15H,4H2,1H3/b3-2+. The van der Waals surface area contributed by atoms with E-state index in [2.05, 4.69) is 17.1 Å². The highest BCUT2D eigenvalue weighted by Crippen LogP contribution is 2.15. The Kier molecular flexibility index (Phi) is 3.37. The summed E-state index contributed by atoms with van der Waals surface area (Å²) in [4.78, 5) is 5.51. The topological polar surface area (TPSA) is 33.1 Å².